The first-order valence-corrected chi connectivity index (χ1v) is 9.06. The molecule has 0 amide bonds. The Morgan fingerprint density at radius 3 is 2.61 bits per heavy atom. The second-order valence-electron chi connectivity index (χ2n) is 8.41. The lowest BCUT2D eigenvalue weighted by Crippen LogP contribution is -2.27. The van der Waals surface area contributed by atoms with Crippen LogP contribution in [-0.4, -0.2) is 33.6 Å². The molecule has 0 aromatic rings. The van der Waals surface area contributed by atoms with Crippen molar-refractivity contribution in [1.82, 2.24) is 0 Å². The van der Waals surface area contributed by atoms with Gasteiger partial charge in [0.05, 0.1) is 23.4 Å². The molecule has 0 spiro atoms. The molecule has 1 aliphatic heterocycles. The van der Waals surface area contributed by atoms with E-state index in [2.05, 4.69) is 26.8 Å². The summed E-state index contributed by atoms with van der Waals surface area (Å²) in [5.41, 5.74) is 0.218. The number of hydrogen-bond acceptors (Lipinski definition) is 3. The number of ether oxygens (including phenoxy) is 1. The minimum atomic E-state index is -0.976. The maximum atomic E-state index is 10.6. The van der Waals surface area contributed by atoms with E-state index in [-0.39, 0.29) is 5.60 Å². The Morgan fingerprint density at radius 1 is 1.26 bits per heavy atom. The Morgan fingerprint density at radius 2 is 1.96 bits per heavy atom. The van der Waals surface area contributed by atoms with E-state index in [1.54, 1.807) is 6.92 Å². The van der Waals surface area contributed by atoms with Gasteiger partial charge >= 0.3 is 0 Å². The van der Waals surface area contributed by atoms with Gasteiger partial charge in [0.2, 0.25) is 0 Å². The SMILES string of the molecule is C/C1=C/[C@@H](O)C[C@](C)(O)/C=C/[C@@H](C(C)C)CC[C@]2(C)OC2CC1. The van der Waals surface area contributed by atoms with Crippen LogP contribution in [0.4, 0.5) is 0 Å². The molecule has 0 bridgehead atoms. The van der Waals surface area contributed by atoms with Crippen molar-refractivity contribution in [3.63, 3.8) is 0 Å². The van der Waals surface area contributed by atoms with Crippen molar-refractivity contribution in [2.24, 2.45) is 11.8 Å². The summed E-state index contributed by atoms with van der Waals surface area (Å²) < 4.78 is 5.96. The average molecular weight is 322 g/mol. The lowest BCUT2D eigenvalue weighted by molar-refractivity contribution is 0.0564. The Bertz CT molecular complexity index is 464. The Labute approximate surface area is 141 Å². The summed E-state index contributed by atoms with van der Waals surface area (Å²) in [6.07, 6.45) is 10.1. The molecule has 0 aromatic carbocycles. The van der Waals surface area contributed by atoms with Crippen LogP contribution in [0, 0.1) is 11.8 Å². The highest BCUT2D eigenvalue weighted by atomic mass is 16.6. The first kappa shape index (κ1) is 18.7. The Hall–Kier alpha value is -0.640. The fraction of sp³-hybridized carbons (Fsp3) is 0.800. The van der Waals surface area contributed by atoms with Crippen molar-refractivity contribution in [1.29, 1.82) is 0 Å². The summed E-state index contributed by atoms with van der Waals surface area (Å²) in [7, 11) is 0. The van der Waals surface area contributed by atoms with Gasteiger partial charge in [-0.1, -0.05) is 37.6 Å². The van der Waals surface area contributed by atoms with Gasteiger partial charge in [-0.2, -0.15) is 0 Å². The average Bonchev–Trinajstić information content (AvgIpc) is 3.05. The summed E-state index contributed by atoms with van der Waals surface area (Å²) in [5.74, 6) is 0.961. The van der Waals surface area contributed by atoms with Gasteiger partial charge in [-0.25, -0.2) is 0 Å². The molecule has 2 N–H and O–H groups in total. The highest BCUT2D eigenvalue weighted by Crippen LogP contribution is 2.44. The van der Waals surface area contributed by atoms with Gasteiger partial charge in [0.1, 0.15) is 0 Å². The molecule has 0 aromatic heterocycles. The van der Waals surface area contributed by atoms with Gasteiger partial charge in [0.15, 0.2) is 0 Å². The molecule has 2 aliphatic rings. The highest BCUT2D eigenvalue weighted by molar-refractivity contribution is 5.10. The predicted octanol–water partition coefficient (Wildman–Crippen LogP) is 3.99. The van der Waals surface area contributed by atoms with Gasteiger partial charge in [0, 0.05) is 6.42 Å². The zero-order valence-electron chi connectivity index (χ0n) is 15.4. The van der Waals surface area contributed by atoms with Gasteiger partial charge in [0.25, 0.3) is 0 Å². The number of rotatable bonds is 1. The van der Waals surface area contributed by atoms with Crippen LogP contribution >= 0.6 is 0 Å². The van der Waals surface area contributed by atoms with Crippen molar-refractivity contribution in [2.45, 2.75) is 90.1 Å². The second kappa shape index (κ2) is 7.08. The first-order valence-electron chi connectivity index (χ1n) is 9.06. The topological polar surface area (TPSA) is 53.0 Å². The molecule has 3 heteroatoms. The third-order valence-electron chi connectivity index (χ3n) is 5.47. The van der Waals surface area contributed by atoms with Gasteiger partial charge in [-0.05, 0) is 58.3 Å². The lowest BCUT2D eigenvalue weighted by atomic mass is 9.84. The molecule has 1 heterocycles. The number of hydrogen-bond donors (Lipinski definition) is 2. The summed E-state index contributed by atoms with van der Waals surface area (Å²) in [6, 6.07) is 0. The van der Waals surface area contributed by atoms with Crippen LogP contribution in [0.2, 0.25) is 0 Å². The second-order valence-corrected chi connectivity index (χ2v) is 8.41. The molecule has 2 rings (SSSR count). The van der Waals surface area contributed by atoms with Crippen LogP contribution in [0.5, 0.6) is 0 Å². The van der Waals surface area contributed by atoms with Crippen molar-refractivity contribution in [3.8, 4) is 0 Å². The van der Waals surface area contributed by atoms with Crippen LogP contribution in [0.1, 0.15) is 66.7 Å². The number of allylic oxidation sites excluding steroid dienone is 2. The minimum absolute atomic E-state index is 0.0203. The van der Waals surface area contributed by atoms with Crippen molar-refractivity contribution >= 4 is 0 Å². The first-order chi connectivity index (χ1) is 10.6. The summed E-state index contributed by atoms with van der Waals surface area (Å²) >= 11 is 0. The van der Waals surface area contributed by atoms with E-state index in [9.17, 15) is 10.2 Å². The van der Waals surface area contributed by atoms with E-state index < -0.39 is 11.7 Å². The zero-order chi connectivity index (χ0) is 17.3. The van der Waals surface area contributed by atoms with E-state index in [0.29, 0.717) is 24.4 Å². The maximum Gasteiger partial charge on any atom is 0.0920 e. The smallest absolute Gasteiger partial charge is 0.0920 e. The molecule has 1 aliphatic carbocycles. The molecule has 5 atom stereocenters. The monoisotopic (exact) mass is 322 g/mol. The van der Waals surface area contributed by atoms with E-state index >= 15 is 0 Å². The normalized spacial score (nSPS) is 46.4. The highest BCUT2D eigenvalue weighted by Gasteiger charge is 2.51. The van der Waals surface area contributed by atoms with Crippen LogP contribution in [-0.2, 0) is 4.74 Å². The summed E-state index contributed by atoms with van der Waals surface area (Å²) in [5, 5.41) is 20.8. The molecule has 1 unspecified atom stereocenters. The largest absolute Gasteiger partial charge is 0.389 e. The lowest BCUT2D eigenvalue weighted by Gasteiger charge is -2.24. The molecule has 0 radical (unpaired) electrons. The summed E-state index contributed by atoms with van der Waals surface area (Å²) in [4.78, 5) is 0. The molecular formula is C20H34O3. The van der Waals surface area contributed by atoms with E-state index in [0.717, 1.165) is 25.7 Å². The fourth-order valence-electron chi connectivity index (χ4n) is 3.63. The van der Waals surface area contributed by atoms with E-state index in [1.807, 2.05) is 19.1 Å². The molecule has 23 heavy (non-hydrogen) atoms. The van der Waals surface area contributed by atoms with Gasteiger partial charge in [-0.15, -0.1) is 0 Å². The van der Waals surface area contributed by atoms with Crippen molar-refractivity contribution < 1.29 is 14.9 Å². The molecule has 0 saturated carbocycles. The molecule has 3 nitrogen and oxygen atoms in total. The van der Waals surface area contributed by atoms with Crippen molar-refractivity contribution in [2.75, 3.05) is 0 Å². The molecule has 132 valence electrons. The third kappa shape index (κ3) is 5.44. The fourth-order valence-corrected chi connectivity index (χ4v) is 3.63. The summed E-state index contributed by atoms with van der Waals surface area (Å²) in [6.45, 7) is 10.5. The predicted molar refractivity (Wildman–Crippen MR) is 94.2 cm³/mol. The van der Waals surface area contributed by atoms with E-state index in [4.69, 9.17) is 4.74 Å². The Kier molecular flexibility index (Phi) is 5.76. The maximum absolute atomic E-state index is 10.6. The number of epoxide rings is 1. The Balaban J connectivity index is 2.17. The third-order valence-corrected chi connectivity index (χ3v) is 5.47. The van der Waals surface area contributed by atoms with Crippen molar-refractivity contribution in [3.05, 3.63) is 23.8 Å². The van der Waals surface area contributed by atoms with Crippen LogP contribution in [0.3, 0.4) is 0 Å². The standard InChI is InChI=1S/C20H34O3/c1-14(2)16-8-10-19(4,22)13-17(21)12-15(3)6-7-18-20(5,23-18)11-9-16/h8,10,12,14,16-18,21-22H,6-7,9,11,13H2,1-5H3/b10-8+,15-12-/t16-,17-,18?,19-,20+/m1/s1. The molecule has 1 fully saturated rings. The van der Waals surface area contributed by atoms with Crippen LogP contribution in [0.15, 0.2) is 23.8 Å². The van der Waals surface area contributed by atoms with E-state index in [1.165, 1.54) is 5.57 Å². The number of fused-ring (bicyclic) bond motifs is 1. The zero-order valence-corrected chi connectivity index (χ0v) is 15.4. The van der Waals surface area contributed by atoms with Gasteiger partial charge < -0.3 is 14.9 Å². The van der Waals surface area contributed by atoms with Crippen LogP contribution < -0.4 is 0 Å². The quantitative estimate of drug-likeness (QED) is 0.567. The van der Waals surface area contributed by atoms with Crippen LogP contribution in [0.25, 0.3) is 0 Å². The van der Waals surface area contributed by atoms with Gasteiger partial charge in [-0.3, -0.25) is 0 Å². The molecular weight excluding hydrogens is 288 g/mol. The molecule has 1 saturated heterocycles. The number of aliphatic hydroxyl groups excluding tert-OH is 1. The number of aliphatic hydroxyl groups is 2. The minimum Gasteiger partial charge on any atom is -0.389 e.